The second kappa shape index (κ2) is 7.61. The summed E-state index contributed by atoms with van der Waals surface area (Å²) in [6.45, 7) is 1.59. The SMILES string of the molecule is Cc1ccc(C(=O)N(C)c2cc(-c3ccccc3)sc2C(=O)O)cc1[N+](=O)[O-]. The molecule has 142 valence electrons. The van der Waals surface area contributed by atoms with Crippen molar-refractivity contribution in [3.05, 3.63) is 80.7 Å². The van der Waals surface area contributed by atoms with Crippen molar-refractivity contribution in [3.8, 4) is 10.4 Å². The Balaban J connectivity index is 2.02. The summed E-state index contributed by atoms with van der Waals surface area (Å²) in [4.78, 5) is 37.1. The van der Waals surface area contributed by atoms with Gasteiger partial charge >= 0.3 is 5.97 Å². The number of nitro groups is 1. The van der Waals surface area contributed by atoms with Gasteiger partial charge in [0.2, 0.25) is 0 Å². The molecular weight excluding hydrogens is 380 g/mol. The molecule has 1 amide bonds. The van der Waals surface area contributed by atoms with Gasteiger partial charge in [0, 0.05) is 29.1 Å². The van der Waals surface area contributed by atoms with Crippen LogP contribution in [0.5, 0.6) is 0 Å². The molecule has 2 aromatic carbocycles. The van der Waals surface area contributed by atoms with Gasteiger partial charge < -0.3 is 10.0 Å². The number of carboxylic acids is 1. The second-order valence-electron chi connectivity index (χ2n) is 6.12. The quantitative estimate of drug-likeness (QED) is 0.501. The molecule has 0 saturated carbocycles. The van der Waals surface area contributed by atoms with Crippen molar-refractivity contribution in [2.24, 2.45) is 0 Å². The predicted molar refractivity (Wildman–Crippen MR) is 107 cm³/mol. The lowest BCUT2D eigenvalue weighted by molar-refractivity contribution is -0.385. The third-order valence-corrected chi connectivity index (χ3v) is 5.45. The first kappa shape index (κ1) is 19.2. The number of anilines is 1. The fourth-order valence-electron chi connectivity index (χ4n) is 2.77. The predicted octanol–water partition coefficient (Wildman–Crippen LogP) is 4.61. The first-order valence-corrected chi connectivity index (χ1v) is 9.07. The third-order valence-electron chi connectivity index (χ3n) is 4.28. The van der Waals surface area contributed by atoms with E-state index in [0.29, 0.717) is 10.4 Å². The van der Waals surface area contributed by atoms with Gasteiger partial charge in [-0.3, -0.25) is 14.9 Å². The summed E-state index contributed by atoms with van der Waals surface area (Å²) in [6, 6.07) is 15.1. The van der Waals surface area contributed by atoms with E-state index in [-0.39, 0.29) is 21.8 Å². The van der Waals surface area contributed by atoms with Crippen LogP contribution in [0.25, 0.3) is 10.4 Å². The Hall–Kier alpha value is -3.52. The average Bonchev–Trinajstić information content (AvgIpc) is 3.13. The van der Waals surface area contributed by atoms with Gasteiger partial charge in [-0.15, -0.1) is 11.3 Å². The summed E-state index contributed by atoms with van der Waals surface area (Å²) in [5, 5.41) is 20.7. The van der Waals surface area contributed by atoms with Crippen molar-refractivity contribution < 1.29 is 19.6 Å². The monoisotopic (exact) mass is 396 g/mol. The summed E-state index contributed by atoms with van der Waals surface area (Å²) in [5.41, 5.74) is 1.48. The fraction of sp³-hybridized carbons (Fsp3) is 0.100. The van der Waals surface area contributed by atoms with Gasteiger partial charge in [0.25, 0.3) is 11.6 Å². The summed E-state index contributed by atoms with van der Waals surface area (Å²) in [7, 11) is 1.46. The van der Waals surface area contributed by atoms with Crippen molar-refractivity contribution in [3.63, 3.8) is 0 Å². The minimum Gasteiger partial charge on any atom is -0.477 e. The van der Waals surface area contributed by atoms with E-state index in [4.69, 9.17) is 0 Å². The molecule has 0 bridgehead atoms. The lowest BCUT2D eigenvalue weighted by atomic mass is 10.1. The highest BCUT2D eigenvalue weighted by Gasteiger charge is 2.25. The molecule has 1 heterocycles. The molecule has 0 unspecified atom stereocenters. The molecule has 0 spiro atoms. The van der Waals surface area contributed by atoms with E-state index in [1.165, 1.54) is 30.1 Å². The van der Waals surface area contributed by atoms with Crippen LogP contribution in [0.4, 0.5) is 11.4 Å². The standard InChI is InChI=1S/C20H16N2O5S/c1-12-8-9-14(10-15(12)22(26)27)19(23)21(2)16-11-17(28-18(16)20(24)25)13-6-4-3-5-7-13/h3-11H,1-2H3,(H,24,25). The Morgan fingerprint density at radius 1 is 1.11 bits per heavy atom. The number of carbonyl (C=O) groups excluding carboxylic acids is 1. The highest BCUT2D eigenvalue weighted by atomic mass is 32.1. The number of rotatable bonds is 5. The molecule has 0 aliphatic heterocycles. The summed E-state index contributed by atoms with van der Waals surface area (Å²) in [6.07, 6.45) is 0. The largest absolute Gasteiger partial charge is 0.477 e. The molecule has 7 nitrogen and oxygen atoms in total. The fourth-order valence-corrected chi connectivity index (χ4v) is 3.80. The molecular formula is C20H16N2O5S. The van der Waals surface area contributed by atoms with E-state index >= 15 is 0 Å². The molecule has 1 N–H and O–H groups in total. The van der Waals surface area contributed by atoms with Crippen LogP contribution >= 0.6 is 11.3 Å². The number of carboxylic acid groups (broad SMARTS) is 1. The normalized spacial score (nSPS) is 10.5. The van der Waals surface area contributed by atoms with E-state index in [1.54, 1.807) is 13.0 Å². The maximum Gasteiger partial charge on any atom is 0.348 e. The van der Waals surface area contributed by atoms with E-state index in [9.17, 15) is 24.8 Å². The molecule has 0 aliphatic carbocycles. The highest BCUT2D eigenvalue weighted by molar-refractivity contribution is 7.18. The van der Waals surface area contributed by atoms with Gasteiger partial charge in [-0.25, -0.2) is 4.79 Å². The van der Waals surface area contributed by atoms with Crippen LogP contribution in [-0.4, -0.2) is 29.0 Å². The van der Waals surface area contributed by atoms with Crippen molar-refractivity contribution in [1.29, 1.82) is 0 Å². The number of hydrogen-bond donors (Lipinski definition) is 1. The van der Waals surface area contributed by atoms with Crippen LogP contribution in [0.3, 0.4) is 0 Å². The molecule has 1 aromatic heterocycles. The zero-order chi connectivity index (χ0) is 20.4. The summed E-state index contributed by atoms with van der Waals surface area (Å²) in [5.74, 6) is -1.67. The van der Waals surface area contributed by atoms with Gasteiger partial charge in [0.15, 0.2) is 0 Å². The minimum atomic E-state index is -1.14. The van der Waals surface area contributed by atoms with Crippen molar-refractivity contribution in [2.75, 3.05) is 11.9 Å². The number of amides is 1. The number of hydrogen-bond acceptors (Lipinski definition) is 5. The van der Waals surface area contributed by atoms with Crippen molar-refractivity contribution in [2.45, 2.75) is 6.92 Å². The average molecular weight is 396 g/mol. The molecule has 0 saturated heterocycles. The number of aryl methyl sites for hydroxylation is 1. The molecule has 0 fully saturated rings. The lowest BCUT2D eigenvalue weighted by Crippen LogP contribution is -2.27. The van der Waals surface area contributed by atoms with Crippen LogP contribution in [0.1, 0.15) is 25.6 Å². The number of carbonyl (C=O) groups is 2. The van der Waals surface area contributed by atoms with Gasteiger partial charge in [-0.2, -0.15) is 0 Å². The van der Waals surface area contributed by atoms with Gasteiger partial charge in [0.05, 0.1) is 10.6 Å². The number of thiophene rings is 1. The number of benzene rings is 2. The first-order chi connectivity index (χ1) is 13.3. The van der Waals surface area contributed by atoms with Gasteiger partial charge in [-0.05, 0) is 24.6 Å². The molecule has 8 heteroatoms. The highest BCUT2D eigenvalue weighted by Crippen LogP contribution is 2.37. The Morgan fingerprint density at radius 3 is 2.39 bits per heavy atom. The molecule has 28 heavy (non-hydrogen) atoms. The maximum atomic E-state index is 12.9. The Kier molecular flexibility index (Phi) is 5.23. The molecule has 3 aromatic rings. The Morgan fingerprint density at radius 2 is 1.79 bits per heavy atom. The van der Waals surface area contributed by atoms with Crippen molar-refractivity contribution in [1.82, 2.24) is 0 Å². The lowest BCUT2D eigenvalue weighted by Gasteiger charge is -2.17. The van der Waals surface area contributed by atoms with Crippen LogP contribution in [0.15, 0.2) is 54.6 Å². The van der Waals surface area contributed by atoms with Crippen LogP contribution < -0.4 is 4.90 Å². The van der Waals surface area contributed by atoms with E-state index in [2.05, 4.69) is 0 Å². The molecule has 0 aliphatic rings. The maximum absolute atomic E-state index is 12.9. The van der Waals surface area contributed by atoms with Crippen LogP contribution in [0.2, 0.25) is 0 Å². The summed E-state index contributed by atoms with van der Waals surface area (Å²) < 4.78 is 0. The third kappa shape index (κ3) is 3.63. The minimum absolute atomic E-state index is 0.0244. The Bertz CT molecular complexity index is 1080. The summed E-state index contributed by atoms with van der Waals surface area (Å²) >= 11 is 1.07. The Labute approximate surface area is 164 Å². The first-order valence-electron chi connectivity index (χ1n) is 8.25. The van der Waals surface area contributed by atoms with Gasteiger partial charge in [0.1, 0.15) is 4.88 Å². The molecule has 3 rings (SSSR count). The van der Waals surface area contributed by atoms with E-state index in [1.807, 2.05) is 30.3 Å². The van der Waals surface area contributed by atoms with Crippen LogP contribution in [-0.2, 0) is 0 Å². The topological polar surface area (TPSA) is 101 Å². The van der Waals surface area contributed by atoms with Crippen LogP contribution in [0, 0.1) is 17.0 Å². The number of nitrogens with zero attached hydrogens (tertiary/aromatic N) is 2. The molecule has 0 atom stereocenters. The number of aromatic carboxylic acids is 1. The van der Waals surface area contributed by atoms with E-state index in [0.717, 1.165) is 16.9 Å². The van der Waals surface area contributed by atoms with Gasteiger partial charge in [-0.1, -0.05) is 36.4 Å². The zero-order valence-corrected chi connectivity index (χ0v) is 15.9. The molecule has 0 radical (unpaired) electrons. The van der Waals surface area contributed by atoms with E-state index < -0.39 is 16.8 Å². The number of nitro benzene ring substituents is 1. The smallest absolute Gasteiger partial charge is 0.348 e. The van der Waals surface area contributed by atoms with Crippen molar-refractivity contribution >= 4 is 34.6 Å². The second-order valence-corrected chi connectivity index (χ2v) is 7.17. The zero-order valence-electron chi connectivity index (χ0n) is 15.1.